The standard InChI is InChI=1S/C22H27NO3/c24-20-10-8-19(9-11-20)22(25)23-16-18-6-12-21(13-7-18)26-15-14-17-4-2-1-3-5-17/h1-5,8-11,18,21,24H,6-7,12-16H2,(H,23,25)/t18-,21+. The van der Waals surface area contributed by atoms with Crippen LogP contribution >= 0.6 is 0 Å². The summed E-state index contributed by atoms with van der Waals surface area (Å²) >= 11 is 0. The summed E-state index contributed by atoms with van der Waals surface area (Å²) in [5.41, 5.74) is 1.90. The minimum absolute atomic E-state index is 0.0776. The number of benzene rings is 2. The van der Waals surface area contributed by atoms with E-state index in [2.05, 4.69) is 29.6 Å². The van der Waals surface area contributed by atoms with E-state index < -0.39 is 0 Å². The normalized spacial score (nSPS) is 19.8. The van der Waals surface area contributed by atoms with E-state index in [9.17, 15) is 9.90 Å². The van der Waals surface area contributed by atoms with Crippen LogP contribution < -0.4 is 5.32 Å². The van der Waals surface area contributed by atoms with E-state index in [1.54, 1.807) is 12.1 Å². The molecule has 0 aliphatic heterocycles. The Hall–Kier alpha value is -2.33. The molecule has 0 saturated heterocycles. The van der Waals surface area contributed by atoms with Gasteiger partial charge in [0.1, 0.15) is 5.75 Å². The van der Waals surface area contributed by atoms with Gasteiger partial charge in [-0.25, -0.2) is 0 Å². The molecule has 0 radical (unpaired) electrons. The molecule has 3 rings (SSSR count). The molecule has 26 heavy (non-hydrogen) atoms. The number of phenols is 1. The zero-order chi connectivity index (χ0) is 18.2. The predicted molar refractivity (Wildman–Crippen MR) is 102 cm³/mol. The summed E-state index contributed by atoms with van der Waals surface area (Å²) < 4.78 is 6.03. The van der Waals surface area contributed by atoms with E-state index in [0.29, 0.717) is 24.1 Å². The van der Waals surface area contributed by atoms with Gasteiger partial charge in [-0.05, 0) is 67.9 Å². The van der Waals surface area contributed by atoms with Crippen molar-refractivity contribution in [2.24, 2.45) is 5.92 Å². The average Bonchev–Trinajstić information content (AvgIpc) is 2.68. The van der Waals surface area contributed by atoms with E-state index >= 15 is 0 Å². The fraction of sp³-hybridized carbons (Fsp3) is 0.409. The van der Waals surface area contributed by atoms with Gasteiger partial charge < -0.3 is 15.2 Å². The Morgan fingerprint density at radius 2 is 1.69 bits per heavy atom. The van der Waals surface area contributed by atoms with Crippen LogP contribution in [-0.4, -0.2) is 30.3 Å². The van der Waals surface area contributed by atoms with Crippen molar-refractivity contribution in [2.45, 2.75) is 38.2 Å². The molecule has 0 unspecified atom stereocenters. The fourth-order valence-electron chi connectivity index (χ4n) is 3.44. The maximum atomic E-state index is 12.1. The lowest BCUT2D eigenvalue weighted by atomic mass is 9.87. The van der Waals surface area contributed by atoms with Crippen molar-refractivity contribution in [1.82, 2.24) is 5.32 Å². The molecule has 1 fully saturated rings. The number of aromatic hydroxyl groups is 1. The van der Waals surface area contributed by atoms with Crippen molar-refractivity contribution in [3.05, 3.63) is 65.7 Å². The zero-order valence-corrected chi connectivity index (χ0v) is 15.1. The molecule has 0 heterocycles. The van der Waals surface area contributed by atoms with Crippen LogP contribution in [0.25, 0.3) is 0 Å². The molecule has 138 valence electrons. The average molecular weight is 353 g/mol. The summed E-state index contributed by atoms with van der Waals surface area (Å²) in [6.07, 6.45) is 5.62. The number of ether oxygens (including phenoxy) is 1. The number of carbonyl (C=O) groups excluding carboxylic acids is 1. The Labute approximate surface area is 155 Å². The third-order valence-corrected chi connectivity index (χ3v) is 5.06. The maximum absolute atomic E-state index is 12.1. The summed E-state index contributed by atoms with van der Waals surface area (Å²) in [6.45, 7) is 1.48. The van der Waals surface area contributed by atoms with Crippen LogP contribution in [0.5, 0.6) is 5.75 Å². The lowest BCUT2D eigenvalue weighted by Crippen LogP contribution is -2.32. The Bertz CT molecular complexity index is 676. The number of phenolic OH excluding ortho intramolecular Hbond substituents is 1. The lowest BCUT2D eigenvalue weighted by Gasteiger charge is -2.28. The van der Waals surface area contributed by atoms with E-state index in [1.807, 2.05) is 6.07 Å². The van der Waals surface area contributed by atoms with Crippen molar-refractivity contribution in [1.29, 1.82) is 0 Å². The van der Waals surface area contributed by atoms with Crippen molar-refractivity contribution >= 4 is 5.91 Å². The van der Waals surface area contributed by atoms with Gasteiger partial charge in [0.15, 0.2) is 0 Å². The summed E-state index contributed by atoms with van der Waals surface area (Å²) in [6, 6.07) is 16.8. The fourth-order valence-corrected chi connectivity index (χ4v) is 3.44. The molecule has 0 atom stereocenters. The summed E-state index contributed by atoms with van der Waals surface area (Å²) in [7, 11) is 0. The second-order valence-electron chi connectivity index (χ2n) is 7.01. The van der Waals surface area contributed by atoms with E-state index in [-0.39, 0.29) is 11.7 Å². The molecule has 0 spiro atoms. The Morgan fingerprint density at radius 1 is 1.00 bits per heavy atom. The number of rotatable bonds is 7. The van der Waals surface area contributed by atoms with Gasteiger partial charge >= 0.3 is 0 Å². The molecule has 4 nitrogen and oxygen atoms in total. The first-order chi connectivity index (χ1) is 12.7. The van der Waals surface area contributed by atoms with Gasteiger partial charge in [-0.3, -0.25) is 4.79 Å². The van der Waals surface area contributed by atoms with Gasteiger partial charge in [0.25, 0.3) is 5.91 Å². The van der Waals surface area contributed by atoms with Crippen LogP contribution in [-0.2, 0) is 11.2 Å². The van der Waals surface area contributed by atoms with E-state index in [0.717, 1.165) is 38.7 Å². The van der Waals surface area contributed by atoms with Gasteiger partial charge in [0.05, 0.1) is 12.7 Å². The summed E-state index contributed by atoms with van der Waals surface area (Å²) in [5, 5.41) is 12.3. The quantitative estimate of drug-likeness (QED) is 0.793. The highest BCUT2D eigenvalue weighted by molar-refractivity contribution is 5.94. The first kappa shape index (κ1) is 18.5. The van der Waals surface area contributed by atoms with Crippen molar-refractivity contribution in [3.8, 4) is 5.75 Å². The number of nitrogens with one attached hydrogen (secondary N) is 1. The highest BCUT2D eigenvalue weighted by atomic mass is 16.5. The molecule has 1 aliphatic rings. The van der Waals surface area contributed by atoms with Gasteiger partial charge in [-0.15, -0.1) is 0 Å². The number of amides is 1. The number of hydrogen-bond donors (Lipinski definition) is 2. The minimum Gasteiger partial charge on any atom is -0.508 e. The van der Waals surface area contributed by atoms with Gasteiger partial charge in [0, 0.05) is 12.1 Å². The maximum Gasteiger partial charge on any atom is 0.251 e. The van der Waals surface area contributed by atoms with Crippen molar-refractivity contribution < 1.29 is 14.6 Å². The highest BCUT2D eigenvalue weighted by Gasteiger charge is 2.22. The molecule has 1 aliphatic carbocycles. The second-order valence-corrected chi connectivity index (χ2v) is 7.01. The molecule has 0 aromatic heterocycles. The Balaban J connectivity index is 1.32. The molecule has 1 saturated carbocycles. The Morgan fingerprint density at radius 3 is 2.38 bits per heavy atom. The van der Waals surface area contributed by atoms with E-state index in [1.165, 1.54) is 17.7 Å². The lowest BCUT2D eigenvalue weighted by molar-refractivity contribution is 0.0199. The molecule has 4 heteroatoms. The molecule has 2 N–H and O–H groups in total. The van der Waals surface area contributed by atoms with Gasteiger partial charge in [-0.1, -0.05) is 30.3 Å². The van der Waals surface area contributed by atoms with Crippen molar-refractivity contribution in [2.75, 3.05) is 13.2 Å². The van der Waals surface area contributed by atoms with Crippen molar-refractivity contribution in [3.63, 3.8) is 0 Å². The molecule has 1 amide bonds. The molecule has 0 bridgehead atoms. The molecule has 2 aromatic rings. The summed E-state index contributed by atoms with van der Waals surface area (Å²) in [5.74, 6) is 0.614. The molecular formula is C22H27NO3. The minimum atomic E-state index is -0.0776. The predicted octanol–water partition coefficient (Wildman–Crippen LogP) is 3.94. The highest BCUT2D eigenvalue weighted by Crippen LogP contribution is 2.26. The zero-order valence-electron chi connectivity index (χ0n) is 15.1. The van der Waals surface area contributed by atoms with Gasteiger partial charge in [-0.2, -0.15) is 0 Å². The second kappa shape index (κ2) is 9.39. The first-order valence-electron chi connectivity index (χ1n) is 9.43. The smallest absolute Gasteiger partial charge is 0.251 e. The van der Waals surface area contributed by atoms with Crippen LogP contribution in [0.15, 0.2) is 54.6 Å². The van der Waals surface area contributed by atoms with Crippen LogP contribution in [0.1, 0.15) is 41.6 Å². The van der Waals surface area contributed by atoms with Crippen LogP contribution in [0, 0.1) is 5.92 Å². The summed E-state index contributed by atoms with van der Waals surface area (Å²) in [4.78, 5) is 12.1. The Kier molecular flexibility index (Phi) is 6.67. The number of carbonyl (C=O) groups is 1. The largest absolute Gasteiger partial charge is 0.508 e. The third kappa shape index (κ3) is 5.60. The number of hydrogen-bond acceptors (Lipinski definition) is 3. The SMILES string of the molecule is O=C(NC[C@H]1CC[C@@H](OCCc2ccccc2)CC1)c1ccc(O)cc1. The molecule has 2 aromatic carbocycles. The van der Waals surface area contributed by atoms with E-state index in [4.69, 9.17) is 4.74 Å². The van der Waals surface area contributed by atoms with Gasteiger partial charge in [0.2, 0.25) is 0 Å². The molecular weight excluding hydrogens is 326 g/mol. The topological polar surface area (TPSA) is 58.6 Å². The monoisotopic (exact) mass is 353 g/mol. The van der Waals surface area contributed by atoms with Crippen LogP contribution in [0.3, 0.4) is 0 Å². The van der Waals surface area contributed by atoms with Crippen LogP contribution in [0.4, 0.5) is 0 Å². The first-order valence-corrected chi connectivity index (χ1v) is 9.43. The third-order valence-electron chi connectivity index (χ3n) is 5.06. The van der Waals surface area contributed by atoms with Crippen LogP contribution in [0.2, 0.25) is 0 Å².